The molecule has 0 radical (unpaired) electrons. The number of carbonyl (C=O) groups is 2. The second-order valence-electron chi connectivity index (χ2n) is 9.69. The molecule has 0 aromatic heterocycles. The zero-order chi connectivity index (χ0) is 21.6. The summed E-state index contributed by atoms with van der Waals surface area (Å²) in [6.07, 6.45) is -1.25. The van der Waals surface area contributed by atoms with Crippen molar-refractivity contribution >= 4 is 11.6 Å². The Bertz CT molecular complexity index is 1010. The van der Waals surface area contributed by atoms with Crippen LogP contribution >= 0.6 is 0 Å². The van der Waals surface area contributed by atoms with Crippen LogP contribution in [0.2, 0.25) is 0 Å². The van der Waals surface area contributed by atoms with Gasteiger partial charge in [0, 0.05) is 24.1 Å². The molecule has 6 heterocycles. The minimum Gasteiger partial charge on any atom is -0.492 e. The van der Waals surface area contributed by atoms with E-state index in [1.807, 2.05) is 11.9 Å². The van der Waals surface area contributed by atoms with Crippen LogP contribution in [0.1, 0.15) is 13.3 Å². The van der Waals surface area contributed by atoms with Crippen molar-refractivity contribution < 1.29 is 34.0 Å². The second kappa shape index (κ2) is 5.56. The largest absolute Gasteiger partial charge is 0.492 e. The summed E-state index contributed by atoms with van der Waals surface area (Å²) in [5.74, 6) is -1.02. The molecule has 5 saturated heterocycles. The second-order valence-corrected chi connectivity index (χ2v) is 9.69. The van der Waals surface area contributed by atoms with Crippen molar-refractivity contribution in [2.75, 3.05) is 27.3 Å². The van der Waals surface area contributed by atoms with Crippen molar-refractivity contribution in [2.24, 2.45) is 5.92 Å². The van der Waals surface area contributed by atoms with Gasteiger partial charge in [0.05, 0.1) is 43.1 Å². The molecule has 10 nitrogen and oxygen atoms in total. The van der Waals surface area contributed by atoms with E-state index in [4.69, 9.17) is 14.2 Å². The van der Waals surface area contributed by atoms with Crippen LogP contribution in [0, 0.1) is 5.92 Å². The van der Waals surface area contributed by atoms with Gasteiger partial charge in [0.25, 0.3) is 0 Å². The van der Waals surface area contributed by atoms with Gasteiger partial charge in [-0.25, -0.2) is 0 Å². The Balaban J connectivity index is 1.56. The van der Waals surface area contributed by atoms with Gasteiger partial charge in [-0.2, -0.15) is 0 Å². The number of hydrogen-bond donors (Lipinski definition) is 2. The number of hydrogen-bond acceptors (Lipinski definition) is 10. The Morgan fingerprint density at radius 2 is 2.00 bits per heavy atom. The van der Waals surface area contributed by atoms with Crippen LogP contribution in [0.5, 0.6) is 0 Å². The van der Waals surface area contributed by atoms with Gasteiger partial charge in [0.15, 0.2) is 23.4 Å². The standard InChI is InChI=1S/C21H25N3O7/c1-7-15(29-3)14(25)10-12-20(27)31-19-9-6-8-11(22(9)2)13(24(12)19)16(21(10,28)17(7)26)23-4-5-30-18(8)23/h8-9,11,13,16,18-20,27-28H,4-6H2,1-3H3/t8-,9-,11+,13+,16-,18-,19+,20?,21?/m0/s1. The molecule has 0 saturated carbocycles. The molecule has 10 heteroatoms. The van der Waals surface area contributed by atoms with E-state index in [-0.39, 0.29) is 52.9 Å². The highest BCUT2D eigenvalue weighted by atomic mass is 16.6. The van der Waals surface area contributed by atoms with Gasteiger partial charge in [-0.1, -0.05) is 0 Å². The zero-order valence-corrected chi connectivity index (χ0v) is 17.5. The molecule has 6 aliphatic heterocycles. The number of methoxy groups -OCH3 is 1. The lowest BCUT2D eigenvalue weighted by molar-refractivity contribution is -0.197. The molecular formula is C21H25N3O7. The number of nitrogens with zero attached hydrogens (tertiary/aromatic N) is 3. The normalized spacial score (nSPS) is 50.4. The number of likely N-dealkylation sites (N-methyl/N-ethyl adjacent to an activating group) is 1. The summed E-state index contributed by atoms with van der Waals surface area (Å²) in [4.78, 5) is 33.6. The van der Waals surface area contributed by atoms with Gasteiger partial charge in [-0.3, -0.25) is 19.4 Å². The van der Waals surface area contributed by atoms with Crippen LogP contribution in [0.3, 0.4) is 0 Å². The average molecular weight is 431 g/mol. The number of fused-ring (bicyclic) bond motifs is 7. The van der Waals surface area contributed by atoms with E-state index in [0.717, 1.165) is 6.42 Å². The molecule has 7 rings (SSSR count). The number of ether oxygens (including phenoxy) is 3. The highest BCUT2D eigenvalue weighted by Crippen LogP contribution is 2.59. The van der Waals surface area contributed by atoms with Crippen LogP contribution in [0.15, 0.2) is 22.6 Å². The summed E-state index contributed by atoms with van der Waals surface area (Å²) >= 11 is 0. The molecule has 7 aliphatic rings. The lowest BCUT2D eigenvalue weighted by Crippen LogP contribution is -2.81. The van der Waals surface area contributed by atoms with Crippen LogP contribution in [-0.4, -0.2) is 112 Å². The lowest BCUT2D eigenvalue weighted by atomic mass is 9.63. The van der Waals surface area contributed by atoms with Crippen molar-refractivity contribution in [2.45, 2.75) is 61.9 Å². The Morgan fingerprint density at radius 1 is 1.23 bits per heavy atom. The SMILES string of the molecule is COC1=C(C)C(=O)C2(O)C(=C3C(O)O[C@@H]4[C@@H]5C[C@H]6[C@H]([C@H]([C@@H]2N2CCO[C@@H]62)N34)N5C)C1=O. The Morgan fingerprint density at radius 3 is 2.74 bits per heavy atom. The molecule has 5 fully saturated rings. The monoisotopic (exact) mass is 431 g/mol. The number of piperazine rings is 1. The number of Topliss-reactive ketones (excluding diaryl/α,β-unsaturated/α-hetero) is 2. The maximum absolute atomic E-state index is 13.7. The molecule has 2 unspecified atom stereocenters. The smallest absolute Gasteiger partial charge is 0.229 e. The van der Waals surface area contributed by atoms with E-state index in [1.165, 1.54) is 14.0 Å². The van der Waals surface area contributed by atoms with Crippen molar-refractivity contribution in [1.29, 1.82) is 0 Å². The van der Waals surface area contributed by atoms with E-state index in [2.05, 4.69) is 9.80 Å². The van der Waals surface area contributed by atoms with Crippen molar-refractivity contribution in [1.82, 2.24) is 14.7 Å². The number of aliphatic hydroxyl groups is 2. The van der Waals surface area contributed by atoms with Crippen molar-refractivity contribution in [3.05, 3.63) is 22.6 Å². The van der Waals surface area contributed by atoms with Gasteiger partial charge in [-0.15, -0.1) is 0 Å². The third kappa shape index (κ3) is 1.78. The Kier molecular flexibility index (Phi) is 3.36. The predicted octanol–water partition coefficient (Wildman–Crippen LogP) is -1.85. The van der Waals surface area contributed by atoms with Crippen molar-refractivity contribution in [3.63, 3.8) is 0 Å². The number of allylic oxidation sites excluding steroid dienone is 1. The quantitative estimate of drug-likeness (QED) is 0.491. The molecule has 0 aromatic rings. The first kappa shape index (κ1) is 18.7. The predicted molar refractivity (Wildman–Crippen MR) is 102 cm³/mol. The number of rotatable bonds is 1. The highest BCUT2D eigenvalue weighted by molar-refractivity contribution is 6.24. The molecule has 1 aliphatic carbocycles. The molecule has 9 atom stereocenters. The topological polar surface area (TPSA) is 112 Å². The number of carbonyl (C=O) groups excluding carboxylic acids is 2. The summed E-state index contributed by atoms with van der Waals surface area (Å²) in [5.41, 5.74) is -1.89. The van der Waals surface area contributed by atoms with E-state index < -0.39 is 35.7 Å². The van der Waals surface area contributed by atoms with Crippen LogP contribution in [0.25, 0.3) is 0 Å². The first-order valence-electron chi connectivity index (χ1n) is 10.8. The maximum Gasteiger partial charge on any atom is 0.229 e. The minimum absolute atomic E-state index is 0.0103. The summed E-state index contributed by atoms with van der Waals surface area (Å²) in [5, 5.41) is 23.1. The highest BCUT2D eigenvalue weighted by Gasteiger charge is 2.75. The molecule has 2 N–H and O–H groups in total. The van der Waals surface area contributed by atoms with E-state index in [0.29, 0.717) is 13.2 Å². The zero-order valence-electron chi connectivity index (χ0n) is 17.5. The fourth-order valence-corrected chi connectivity index (χ4v) is 7.74. The van der Waals surface area contributed by atoms with E-state index in [1.54, 1.807) is 0 Å². The van der Waals surface area contributed by atoms with Gasteiger partial charge < -0.3 is 29.3 Å². The van der Waals surface area contributed by atoms with E-state index in [9.17, 15) is 19.8 Å². The fourth-order valence-electron chi connectivity index (χ4n) is 7.74. The van der Waals surface area contributed by atoms with Gasteiger partial charge in [0.2, 0.25) is 5.78 Å². The summed E-state index contributed by atoms with van der Waals surface area (Å²) in [6.45, 7) is 2.59. The molecular weight excluding hydrogens is 406 g/mol. The first-order valence-corrected chi connectivity index (χ1v) is 10.8. The first-order chi connectivity index (χ1) is 14.8. The Hall–Kier alpha value is -1.82. The van der Waals surface area contributed by atoms with Gasteiger partial charge in [-0.05, 0) is 20.4 Å². The van der Waals surface area contributed by atoms with Gasteiger partial charge >= 0.3 is 0 Å². The van der Waals surface area contributed by atoms with Crippen LogP contribution in [0.4, 0.5) is 0 Å². The summed E-state index contributed by atoms with van der Waals surface area (Å²) in [7, 11) is 3.37. The number of piperidine rings is 1. The fraction of sp³-hybridized carbons (Fsp3) is 0.714. The minimum atomic E-state index is -2.11. The van der Waals surface area contributed by atoms with Gasteiger partial charge in [0.1, 0.15) is 12.5 Å². The molecule has 0 spiro atoms. The molecule has 31 heavy (non-hydrogen) atoms. The summed E-state index contributed by atoms with van der Waals surface area (Å²) in [6, 6.07) is -0.978. The van der Waals surface area contributed by atoms with Crippen molar-refractivity contribution in [3.8, 4) is 0 Å². The molecule has 166 valence electrons. The van der Waals surface area contributed by atoms with Crippen LogP contribution in [-0.2, 0) is 23.8 Å². The van der Waals surface area contributed by atoms with E-state index >= 15 is 0 Å². The lowest BCUT2D eigenvalue weighted by Gasteiger charge is -2.62. The molecule has 2 bridgehead atoms. The third-order valence-electron chi connectivity index (χ3n) is 8.74. The average Bonchev–Trinajstić information content (AvgIpc) is 3.41. The van der Waals surface area contributed by atoms with Crippen LogP contribution < -0.4 is 0 Å². The summed E-state index contributed by atoms with van der Waals surface area (Å²) < 4.78 is 17.4. The Labute approximate surface area is 178 Å². The number of aliphatic hydroxyl groups excluding tert-OH is 1. The number of ketones is 2. The molecule has 0 amide bonds. The maximum atomic E-state index is 13.7. The molecule has 0 aromatic carbocycles. The third-order valence-corrected chi connectivity index (χ3v) is 8.74.